The molecular weight excluding hydrogens is 324 g/mol. The Morgan fingerprint density at radius 2 is 1.31 bits per heavy atom. The van der Waals surface area contributed by atoms with E-state index in [0.29, 0.717) is 18.0 Å². The summed E-state index contributed by atoms with van der Waals surface area (Å²) in [5.74, 6) is 1.05. The highest BCUT2D eigenvalue weighted by atomic mass is 16.5. The van der Waals surface area contributed by atoms with Crippen molar-refractivity contribution < 1.29 is 14.6 Å². The number of aromatic hydroxyl groups is 1. The lowest BCUT2D eigenvalue weighted by molar-refractivity contribution is -0.120. The number of phenols is 1. The molecule has 3 heteroatoms. The van der Waals surface area contributed by atoms with Crippen molar-refractivity contribution in [1.29, 1.82) is 0 Å². The van der Waals surface area contributed by atoms with Gasteiger partial charge in [0.25, 0.3) is 6.47 Å². The first-order valence-electron chi connectivity index (χ1n) is 9.42. The van der Waals surface area contributed by atoms with E-state index in [0.717, 1.165) is 35.1 Å². The van der Waals surface area contributed by atoms with Crippen molar-refractivity contribution >= 4 is 6.47 Å². The van der Waals surface area contributed by atoms with Crippen LogP contribution in [0.15, 0.2) is 24.3 Å². The lowest BCUT2D eigenvalue weighted by Gasteiger charge is -2.39. The summed E-state index contributed by atoms with van der Waals surface area (Å²) in [6, 6.07) is 8.64. The molecule has 2 aromatic rings. The second-order valence-corrected chi connectivity index (χ2v) is 7.75. The van der Waals surface area contributed by atoms with Gasteiger partial charge in [-0.25, -0.2) is 0 Å². The molecule has 1 N–H and O–H groups in total. The smallest absolute Gasteiger partial charge is 0.298 e. The first-order chi connectivity index (χ1) is 12.4. The van der Waals surface area contributed by atoms with Gasteiger partial charge >= 0.3 is 0 Å². The van der Waals surface area contributed by atoms with Crippen LogP contribution in [-0.4, -0.2) is 11.6 Å². The van der Waals surface area contributed by atoms with Crippen LogP contribution in [0.1, 0.15) is 65.5 Å². The maximum absolute atomic E-state index is 10.8. The molecule has 0 spiro atoms. The Morgan fingerprint density at radius 3 is 1.77 bits per heavy atom. The predicted octanol–water partition coefficient (Wildman–Crippen LogP) is 5.41. The predicted molar refractivity (Wildman–Crippen MR) is 104 cm³/mol. The van der Waals surface area contributed by atoms with Crippen molar-refractivity contribution in [3.8, 4) is 11.5 Å². The van der Waals surface area contributed by atoms with E-state index in [2.05, 4.69) is 24.3 Å². The van der Waals surface area contributed by atoms with Gasteiger partial charge in [-0.3, -0.25) is 4.79 Å². The monoisotopic (exact) mass is 352 g/mol. The van der Waals surface area contributed by atoms with Crippen molar-refractivity contribution in [1.82, 2.24) is 0 Å². The van der Waals surface area contributed by atoms with Crippen LogP contribution in [0.25, 0.3) is 0 Å². The van der Waals surface area contributed by atoms with Crippen molar-refractivity contribution in [2.24, 2.45) is 0 Å². The summed E-state index contributed by atoms with van der Waals surface area (Å²) in [4.78, 5) is 10.8. The van der Waals surface area contributed by atoms with Crippen LogP contribution in [0.3, 0.4) is 0 Å². The first kappa shape index (κ1) is 18.5. The average Bonchev–Trinajstić information content (AvgIpc) is 2.62. The fourth-order valence-corrected chi connectivity index (χ4v) is 4.59. The number of ether oxygens (including phenoxy) is 1. The van der Waals surface area contributed by atoms with Gasteiger partial charge in [0.15, 0.2) is 0 Å². The molecule has 138 valence electrons. The van der Waals surface area contributed by atoms with Crippen LogP contribution in [-0.2, 0) is 10.2 Å². The second kappa shape index (κ2) is 7.14. The number of hydrogen-bond acceptors (Lipinski definition) is 3. The van der Waals surface area contributed by atoms with E-state index in [1.807, 2.05) is 27.7 Å². The van der Waals surface area contributed by atoms with Crippen molar-refractivity contribution in [2.45, 2.75) is 65.2 Å². The van der Waals surface area contributed by atoms with Gasteiger partial charge in [-0.05, 0) is 73.9 Å². The molecule has 0 aliphatic heterocycles. The molecule has 0 heterocycles. The van der Waals surface area contributed by atoms with E-state index >= 15 is 0 Å². The van der Waals surface area contributed by atoms with Crippen LogP contribution in [0.5, 0.6) is 11.5 Å². The molecule has 1 saturated carbocycles. The topological polar surface area (TPSA) is 46.5 Å². The highest BCUT2D eigenvalue weighted by molar-refractivity contribution is 5.55. The van der Waals surface area contributed by atoms with Gasteiger partial charge in [-0.15, -0.1) is 0 Å². The molecule has 2 aromatic carbocycles. The molecule has 1 aliphatic rings. The summed E-state index contributed by atoms with van der Waals surface area (Å²) in [5.41, 5.74) is 6.37. The number of carbonyl (C=O) groups excluding carboxylic acids is 1. The quantitative estimate of drug-likeness (QED) is 0.748. The number of hydrogen-bond donors (Lipinski definition) is 1. The highest BCUT2D eigenvalue weighted by Crippen LogP contribution is 2.47. The maximum atomic E-state index is 10.8. The summed E-state index contributed by atoms with van der Waals surface area (Å²) in [6.45, 7) is 8.44. The molecule has 0 bridgehead atoms. The van der Waals surface area contributed by atoms with E-state index in [4.69, 9.17) is 4.74 Å². The maximum Gasteiger partial charge on any atom is 0.298 e. The summed E-state index contributed by atoms with van der Waals surface area (Å²) in [7, 11) is 0. The fourth-order valence-electron chi connectivity index (χ4n) is 4.59. The van der Waals surface area contributed by atoms with Gasteiger partial charge in [0, 0.05) is 5.41 Å². The molecule has 3 rings (SSSR count). The fraction of sp³-hybridized carbons (Fsp3) is 0.435. The molecule has 0 radical (unpaired) electrons. The second-order valence-electron chi connectivity index (χ2n) is 7.75. The number of aryl methyl sites for hydroxylation is 4. The lowest BCUT2D eigenvalue weighted by Crippen LogP contribution is -2.31. The van der Waals surface area contributed by atoms with Crippen LogP contribution >= 0.6 is 0 Å². The normalized spacial score (nSPS) is 16.3. The Bertz CT molecular complexity index is 783. The van der Waals surface area contributed by atoms with Gasteiger partial charge in [0.2, 0.25) is 0 Å². The molecule has 0 saturated heterocycles. The number of carbonyl (C=O) groups is 1. The Kier molecular flexibility index (Phi) is 5.08. The molecule has 1 aliphatic carbocycles. The third-order valence-corrected chi connectivity index (χ3v) is 5.93. The molecular formula is C23H28O3. The van der Waals surface area contributed by atoms with Gasteiger partial charge < -0.3 is 9.84 Å². The highest BCUT2D eigenvalue weighted by Gasteiger charge is 2.37. The minimum Gasteiger partial charge on any atom is -0.507 e. The summed E-state index contributed by atoms with van der Waals surface area (Å²) in [5, 5.41) is 10.2. The van der Waals surface area contributed by atoms with Crippen molar-refractivity contribution in [2.75, 3.05) is 0 Å². The van der Waals surface area contributed by atoms with E-state index in [9.17, 15) is 9.90 Å². The first-order valence-corrected chi connectivity index (χ1v) is 9.42. The van der Waals surface area contributed by atoms with Crippen molar-refractivity contribution in [3.63, 3.8) is 0 Å². The third kappa shape index (κ3) is 3.11. The molecule has 26 heavy (non-hydrogen) atoms. The zero-order valence-corrected chi connectivity index (χ0v) is 16.2. The van der Waals surface area contributed by atoms with Crippen LogP contribution in [0, 0.1) is 27.7 Å². The summed E-state index contributed by atoms with van der Waals surface area (Å²) in [6.07, 6.45) is 5.86. The van der Waals surface area contributed by atoms with Gasteiger partial charge in [-0.2, -0.15) is 0 Å². The number of phenolic OH excluding ortho intramolecular Hbond substituents is 1. The van der Waals surface area contributed by atoms with E-state index in [1.54, 1.807) is 0 Å². The van der Waals surface area contributed by atoms with Gasteiger partial charge in [0.1, 0.15) is 11.5 Å². The molecule has 0 aromatic heterocycles. The standard InChI is InChI=1S/C23H28O3/c1-15-10-19(11-16(2)21(15)25)23(8-6-5-7-9-23)20-12-17(3)22(26-14-24)18(4)13-20/h10-14,25H,5-9H2,1-4H3. The Morgan fingerprint density at radius 1 is 0.846 bits per heavy atom. The minimum atomic E-state index is -0.0449. The third-order valence-electron chi connectivity index (χ3n) is 5.93. The molecule has 1 fully saturated rings. The van der Waals surface area contributed by atoms with E-state index < -0.39 is 0 Å². The molecule has 0 unspecified atom stereocenters. The van der Waals surface area contributed by atoms with Crippen LogP contribution in [0.2, 0.25) is 0 Å². The Hall–Kier alpha value is -2.29. The van der Waals surface area contributed by atoms with E-state index in [-0.39, 0.29) is 5.41 Å². The zero-order chi connectivity index (χ0) is 18.9. The largest absolute Gasteiger partial charge is 0.507 e. The zero-order valence-electron chi connectivity index (χ0n) is 16.2. The van der Waals surface area contributed by atoms with Gasteiger partial charge in [-0.1, -0.05) is 43.5 Å². The molecule has 0 atom stereocenters. The Balaban J connectivity index is 2.20. The van der Waals surface area contributed by atoms with Crippen molar-refractivity contribution in [3.05, 3.63) is 57.6 Å². The van der Waals surface area contributed by atoms with Gasteiger partial charge in [0.05, 0.1) is 0 Å². The number of benzene rings is 2. The van der Waals surface area contributed by atoms with Crippen LogP contribution < -0.4 is 4.74 Å². The molecule has 0 amide bonds. The number of rotatable bonds is 4. The minimum absolute atomic E-state index is 0.0449. The van der Waals surface area contributed by atoms with Crippen LogP contribution in [0.4, 0.5) is 0 Å². The average molecular weight is 352 g/mol. The molecule has 3 nitrogen and oxygen atoms in total. The summed E-state index contributed by atoms with van der Waals surface area (Å²) < 4.78 is 5.19. The SMILES string of the molecule is Cc1cc(C2(c3cc(C)c(OC=O)c(C)c3)CCCCC2)cc(C)c1O. The summed E-state index contributed by atoms with van der Waals surface area (Å²) >= 11 is 0. The lowest BCUT2D eigenvalue weighted by atomic mass is 9.64. The Labute approximate surface area is 156 Å². The van der Waals surface area contributed by atoms with E-state index in [1.165, 1.54) is 30.4 Å².